The van der Waals surface area contributed by atoms with E-state index in [-0.39, 0.29) is 12.6 Å². The second kappa shape index (κ2) is 5.69. The largest absolute Gasteiger partial charge is 0.392 e. The highest BCUT2D eigenvalue weighted by Gasteiger charge is 2.28. The van der Waals surface area contributed by atoms with Crippen LogP contribution < -0.4 is 4.72 Å². The first kappa shape index (κ1) is 14.0. The van der Waals surface area contributed by atoms with Crippen LogP contribution in [0.4, 0.5) is 0 Å². The maximum Gasteiger partial charge on any atom is 0.250 e. The standard InChI is InChI=1S/C12H19NO3S2/c1-2-11(5-9-3-4-9)13-18(15,16)12-6-10(7-14)8-17-12/h6,8-9,11,13-14H,2-5,7H2,1H3. The smallest absolute Gasteiger partial charge is 0.250 e. The third kappa shape index (κ3) is 3.54. The van der Waals surface area contributed by atoms with E-state index in [4.69, 9.17) is 5.11 Å². The zero-order valence-electron chi connectivity index (χ0n) is 10.4. The molecule has 0 saturated heterocycles. The van der Waals surface area contributed by atoms with E-state index in [9.17, 15) is 8.42 Å². The van der Waals surface area contributed by atoms with Crippen molar-refractivity contribution in [2.45, 2.75) is 49.5 Å². The van der Waals surface area contributed by atoms with Gasteiger partial charge in [-0.1, -0.05) is 19.8 Å². The van der Waals surface area contributed by atoms with Crippen molar-refractivity contribution in [3.05, 3.63) is 17.0 Å². The summed E-state index contributed by atoms with van der Waals surface area (Å²) in [5, 5.41) is 10.6. The van der Waals surface area contributed by atoms with Crippen LogP contribution in [0.25, 0.3) is 0 Å². The zero-order valence-corrected chi connectivity index (χ0v) is 12.1. The van der Waals surface area contributed by atoms with E-state index in [1.807, 2.05) is 6.92 Å². The van der Waals surface area contributed by atoms with Crippen molar-refractivity contribution >= 4 is 21.4 Å². The van der Waals surface area contributed by atoms with Gasteiger partial charge >= 0.3 is 0 Å². The lowest BCUT2D eigenvalue weighted by Crippen LogP contribution is -2.34. The van der Waals surface area contributed by atoms with Gasteiger partial charge in [0.15, 0.2) is 0 Å². The summed E-state index contributed by atoms with van der Waals surface area (Å²) in [4.78, 5) is 0. The number of rotatable bonds is 7. The van der Waals surface area contributed by atoms with Gasteiger partial charge in [-0.05, 0) is 35.8 Å². The average molecular weight is 289 g/mol. The second-order valence-electron chi connectivity index (χ2n) is 4.84. The fourth-order valence-corrected chi connectivity index (χ4v) is 4.46. The Balaban J connectivity index is 2.04. The number of hydrogen-bond acceptors (Lipinski definition) is 4. The Morgan fingerprint density at radius 1 is 1.56 bits per heavy atom. The second-order valence-corrected chi connectivity index (χ2v) is 7.69. The molecule has 0 amide bonds. The molecule has 102 valence electrons. The lowest BCUT2D eigenvalue weighted by Gasteiger charge is -2.15. The van der Waals surface area contributed by atoms with E-state index in [1.165, 1.54) is 18.9 Å². The molecule has 1 aromatic rings. The molecule has 1 heterocycles. The number of nitrogens with one attached hydrogen (secondary N) is 1. The predicted molar refractivity (Wildman–Crippen MR) is 72.0 cm³/mol. The molecule has 0 aromatic carbocycles. The van der Waals surface area contributed by atoms with Crippen LogP contribution in [-0.4, -0.2) is 19.6 Å². The fourth-order valence-electron chi connectivity index (χ4n) is 1.91. The Morgan fingerprint density at radius 3 is 2.78 bits per heavy atom. The molecule has 1 unspecified atom stereocenters. The molecular formula is C12H19NO3S2. The van der Waals surface area contributed by atoms with Gasteiger partial charge in [-0.15, -0.1) is 11.3 Å². The highest BCUT2D eigenvalue weighted by atomic mass is 32.2. The quantitative estimate of drug-likeness (QED) is 0.808. The minimum absolute atomic E-state index is 0.0298. The Labute approximate surface area is 112 Å². The molecule has 4 nitrogen and oxygen atoms in total. The van der Waals surface area contributed by atoms with Gasteiger partial charge in [0.2, 0.25) is 10.0 Å². The van der Waals surface area contributed by atoms with E-state index < -0.39 is 10.0 Å². The summed E-state index contributed by atoms with van der Waals surface area (Å²) < 4.78 is 27.4. The molecule has 0 spiro atoms. The Kier molecular flexibility index (Phi) is 4.42. The highest BCUT2D eigenvalue weighted by molar-refractivity contribution is 7.91. The molecule has 6 heteroatoms. The maximum atomic E-state index is 12.2. The van der Waals surface area contributed by atoms with Gasteiger partial charge in [-0.3, -0.25) is 0 Å². The maximum absolute atomic E-state index is 12.2. The lowest BCUT2D eigenvalue weighted by atomic mass is 10.1. The number of hydrogen-bond donors (Lipinski definition) is 2. The van der Waals surface area contributed by atoms with Crippen LogP contribution in [0.2, 0.25) is 0 Å². The summed E-state index contributed by atoms with van der Waals surface area (Å²) in [7, 11) is -3.42. The normalized spacial score (nSPS) is 17.9. The molecule has 0 radical (unpaired) electrons. The van der Waals surface area contributed by atoms with Gasteiger partial charge in [0, 0.05) is 6.04 Å². The van der Waals surface area contributed by atoms with Crippen molar-refractivity contribution in [2.75, 3.05) is 0 Å². The van der Waals surface area contributed by atoms with Crippen LogP contribution in [0.1, 0.15) is 38.2 Å². The minimum Gasteiger partial charge on any atom is -0.392 e. The monoisotopic (exact) mass is 289 g/mol. The molecule has 1 aromatic heterocycles. The van der Waals surface area contributed by atoms with Gasteiger partial charge in [0.1, 0.15) is 4.21 Å². The number of aliphatic hydroxyl groups is 1. The van der Waals surface area contributed by atoms with Crippen LogP contribution in [0.5, 0.6) is 0 Å². The summed E-state index contributed by atoms with van der Waals surface area (Å²) in [6.45, 7) is 1.88. The van der Waals surface area contributed by atoms with E-state index in [1.54, 1.807) is 5.38 Å². The summed E-state index contributed by atoms with van der Waals surface area (Å²) in [6, 6.07) is 1.57. The van der Waals surface area contributed by atoms with Crippen molar-refractivity contribution < 1.29 is 13.5 Å². The predicted octanol–water partition coefficient (Wildman–Crippen LogP) is 2.10. The van der Waals surface area contributed by atoms with Gasteiger partial charge in [0.25, 0.3) is 0 Å². The van der Waals surface area contributed by atoms with Crippen molar-refractivity contribution in [1.82, 2.24) is 4.72 Å². The molecule has 1 aliphatic carbocycles. The molecular weight excluding hydrogens is 270 g/mol. The van der Waals surface area contributed by atoms with Gasteiger partial charge < -0.3 is 5.11 Å². The van der Waals surface area contributed by atoms with Crippen molar-refractivity contribution in [2.24, 2.45) is 5.92 Å². The Bertz CT molecular complexity index is 491. The molecule has 0 bridgehead atoms. The first-order valence-corrected chi connectivity index (χ1v) is 8.62. The zero-order chi connectivity index (χ0) is 13.2. The third-order valence-corrected chi connectivity index (χ3v) is 6.22. The molecule has 2 rings (SSSR count). The summed E-state index contributed by atoms with van der Waals surface area (Å²) in [6.07, 6.45) is 4.21. The Hall–Kier alpha value is -0.430. The van der Waals surface area contributed by atoms with E-state index in [0.29, 0.717) is 15.7 Å². The van der Waals surface area contributed by atoms with E-state index in [2.05, 4.69) is 4.72 Å². The molecule has 18 heavy (non-hydrogen) atoms. The SMILES string of the molecule is CCC(CC1CC1)NS(=O)(=O)c1cc(CO)cs1. The fraction of sp³-hybridized carbons (Fsp3) is 0.667. The lowest BCUT2D eigenvalue weighted by molar-refractivity contribution is 0.282. The molecule has 1 atom stereocenters. The summed E-state index contributed by atoms with van der Waals surface area (Å²) in [5.74, 6) is 0.703. The van der Waals surface area contributed by atoms with Gasteiger partial charge in [-0.25, -0.2) is 13.1 Å². The van der Waals surface area contributed by atoms with Crippen LogP contribution in [0.3, 0.4) is 0 Å². The van der Waals surface area contributed by atoms with Crippen LogP contribution in [0, 0.1) is 5.92 Å². The minimum atomic E-state index is -3.42. The number of sulfonamides is 1. The van der Waals surface area contributed by atoms with Crippen molar-refractivity contribution in [3.63, 3.8) is 0 Å². The molecule has 1 aliphatic rings. The van der Waals surface area contributed by atoms with Crippen molar-refractivity contribution in [3.8, 4) is 0 Å². The topological polar surface area (TPSA) is 66.4 Å². The van der Waals surface area contributed by atoms with Crippen LogP contribution in [-0.2, 0) is 16.6 Å². The third-order valence-electron chi connectivity index (χ3n) is 3.21. The number of thiophene rings is 1. The summed E-state index contributed by atoms with van der Waals surface area (Å²) in [5.41, 5.74) is 0.649. The highest BCUT2D eigenvalue weighted by Crippen LogP contribution is 2.34. The van der Waals surface area contributed by atoms with Crippen LogP contribution >= 0.6 is 11.3 Å². The first-order chi connectivity index (χ1) is 8.55. The molecule has 1 fully saturated rings. The molecule has 0 aliphatic heterocycles. The van der Waals surface area contributed by atoms with Crippen LogP contribution in [0.15, 0.2) is 15.7 Å². The first-order valence-electron chi connectivity index (χ1n) is 6.25. The average Bonchev–Trinajstić information content (AvgIpc) is 3.01. The van der Waals surface area contributed by atoms with Crippen molar-refractivity contribution in [1.29, 1.82) is 0 Å². The molecule has 1 saturated carbocycles. The Morgan fingerprint density at radius 2 is 2.28 bits per heavy atom. The molecule has 2 N–H and O–H groups in total. The summed E-state index contributed by atoms with van der Waals surface area (Å²) >= 11 is 1.16. The van der Waals surface area contributed by atoms with E-state index in [0.717, 1.165) is 24.2 Å². The number of aliphatic hydroxyl groups excluding tert-OH is 1. The van der Waals surface area contributed by atoms with Gasteiger partial charge in [0.05, 0.1) is 6.61 Å². The van der Waals surface area contributed by atoms with E-state index >= 15 is 0 Å². The van der Waals surface area contributed by atoms with Gasteiger partial charge in [-0.2, -0.15) is 0 Å².